The van der Waals surface area contributed by atoms with Crippen molar-refractivity contribution in [2.24, 2.45) is 5.73 Å². The van der Waals surface area contributed by atoms with Crippen molar-refractivity contribution in [1.82, 2.24) is 14.4 Å². The number of halogens is 1. The molecule has 0 unspecified atom stereocenters. The second-order valence-electron chi connectivity index (χ2n) is 9.33. The van der Waals surface area contributed by atoms with Crippen LogP contribution in [0.4, 0.5) is 4.39 Å². The van der Waals surface area contributed by atoms with Crippen LogP contribution in [0.15, 0.2) is 79.4 Å². The van der Waals surface area contributed by atoms with Gasteiger partial charge in [0.2, 0.25) is 5.91 Å². The van der Waals surface area contributed by atoms with Gasteiger partial charge in [-0.15, -0.1) is 0 Å². The molecule has 3 aromatic heterocycles. The number of benzene rings is 2. The molecule has 186 valence electrons. The maximum absolute atomic E-state index is 14.6. The first-order valence-electron chi connectivity index (χ1n) is 12.1. The quantitative estimate of drug-likeness (QED) is 0.365. The van der Waals surface area contributed by atoms with Crippen molar-refractivity contribution in [1.29, 1.82) is 0 Å². The molecule has 37 heavy (non-hydrogen) atoms. The van der Waals surface area contributed by atoms with Crippen molar-refractivity contribution in [2.45, 2.75) is 24.9 Å². The number of amides is 1. The fourth-order valence-electron chi connectivity index (χ4n) is 5.17. The van der Waals surface area contributed by atoms with E-state index in [-0.39, 0.29) is 6.61 Å². The van der Waals surface area contributed by atoms with Crippen LogP contribution in [0.2, 0.25) is 0 Å². The average Bonchev–Trinajstić information content (AvgIpc) is 3.41. The van der Waals surface area contributed by atoms with Crippen LogP contribution in [0.3, 0.4) is 0 Å². The van der Waals surface area contributed by atoms with E-state index >= 15 is 0 Å². The van der Waals surface area contributed by atoms with Crippen molar-refractivity contribution in [3.63, 3.8) is 0 Å². The Hall–Kier alpha value is -4.30. The van der Waals surface area contributed by atoms with E-state index in [0.717, 1.165) is 33.2 Å². The normalized spacial score (nSPS) is 15.2. The summed E-state index contributed by atoms with van der Waals surface area (Å²) in [4.78, 5) is 21.2. The number of aromatic nitrogens is 3. The third-order valence-electron chi connectivity index (χ3n) is 7.17. The number of hydrogen-bond donors (Lipinski definition) is 1. The minimum atomic E-state index is -0.961. The molecular formula is C29H25FN4O3. The Morgan fingerprint density at radius 1 is 1.11 bits per heavy atom. The molecule has 0 saturated carbocycles. The van der Waals surface area contributed by atoms with Crippen LogP contribution >= 0.6 is 0 Å². The molecule has 2 aromatic carbocycles. The first kappa shape index (κ1) is 23.1. The Kier molecular flexibility index (Phi) is 5.81. The molecule has 1 aliphatic rings. The number of carbonyl (C=O) groups excluding carboxylic acids is 1. The molecule has 4 heterocycles. The van der Waals surface area contributed by atoms with Gasteiger partial charge in [0.1, 0.15) is 23.8 Å². The molecule has 1 saturated heterocycles. The lowest BCUT2D eigenvalue weighted by atomic mass is 9.73. The highest BCUT2D eigenvalue weighted by atomic mass is 19.1. The molecule has 8 heteroatoms. The van der Waals surface area contributed by atoms with E-state index in [0.29, 0.717) is 37.4 Å². The number of nitrogens with two attached hydrogens (primary N) is 1. The van der Waals surface area contributed by atoms with E-state index in [4.69, 9.17) is 15.2 Å². The molecular weight excluding hydrogens is 471 g/mol. The van der Waals surface area contributed by atoms with Crippen molar-refractivity contribution >= 4 is 22.5 Å². The zero-order valence-electron chi connectivity index (χ0n) is 20.1. The summed E-state index contributed by atoms with van der Waals surface area (Å²) in [7, 11) is 0. The summed E-state index contributed by atoms with van der Waals surface area (Å²) in [5.41, 5.74) is 10.1. The van der Waals surface area contributed by atoms with Crippen molar-refractivity contribution in [3.05, 3.63) is 96.3 Å². The van der Waals surface area contributed by atoms with Crippen LogP contribution in [0.25, 0.3) is 27.7 Å². The number of carbonyl (C=O) groups is 1. The standard InChI is InChI=1S/C29H25FN4O3/c30-22-13-21(29(28(31)35)5-10-36-11-6-29)14-23(15-22)37-18-19-3-4-24-25(20-2-1-7-32-17-20)16-27-33-8-9-34(27)26(24)12-19/h1-4,7-9,12-17H,5-6,10-11,18H2,(H2,31,35). The lowest BCUT2D eigenvalue weighted by Gasteiger charge is -2.34. The van der Waals surface area contributed by atoms with E-state index in [9.17, 15) is 9.18 Å². The Balaban J connectivity index is 1.34. The molecule has 7 nitrogen and oxygen atoms in total. The number of nitrogens with zero attached hydrogens (tertiary/aromatic N) is 3. The minimum absolute atomic E-state index is 0.221. The lowest BCUT2D eigenvalue weighted by molar-refractivity contribution is -0.127. The largest absolute Gasteiger partial charge is 0.489 e. The van der Waals surface area contributed by atoms with E-state index < -0.39 is 17.1 Å². The maximum Gasteiger partial charge on any atom is 0.228 e. The monoisotopic (exact) mass is 496 g/mol. The van der Waals surface area contributed by atoms with E-state index in [1.54, 1.807) is 18.5 Å². The number of pyridine rings is 2. The summed E-state index contributed by atoms with van der Waals surface area (Å²) in [6.45, 7) is 1.02. The summed E-state index contributed by atoms with van der Waals surface area (Å²) >= 11 is 0. The van der Waals surface area contributed by atoms with Crippen LogP contribution < -0.4 is 10.5 Å². The second-order valence-corrected chi connectivity index (χ2v) is 9.33. The Labute approximate surface area is 212 Å². The number of ether oxygens (including phenoxy) is 2. The molecule has 0 atom stereocenters. The maximum atomic E-state index is 14.6. The number of primary amides is 1. The van der Waals surface area contributed by atoms with Gasteiger partial charge in [0.25, 0.3) is 0 Å². The van der Waals surface area contributed by atoms with Gasteiger partial charge >= 0.3 is 0 Å². The van der Waals surface area contributed by atoms with Gasteiger partial charge in [-0.3, -0.25) is 14.2 Å². The van der Waals surface area contributed by atoms with Crippen LogP contribution in [0.1, 0.15) is 24.0 Å². The van der Waals surface area contributed by atoms with Crippen LogP contribution in [0, 0.1) is 5.82 Å². The first-order chi connectivity index (χ1) is 18.0. The average molecular weight is 497 g/mol. The zero-order chi connectivity index (χ0) is 25.4. The SMILES string of the molecule is NC(=O)C1(c2cc(F)cc(OCc3ccc4c(-c5cccnc5)cc5nccn5c4c3)c2)CCOCC1. The molecule has 1 amide bonds. The second kappa shape index (κ2) is 9.29. The smallest absolute Gasteiger partial charge is 0.228 e. The highest BCUT2D eigenvalue weighted by Crippen LogP contribution is 2.37. The molecule has 5 aromatic rings. The number of rotatable bonds is 6. The Bertz CT molecular complexity index is 1610. The van der Waals surface area contributed by atoms with E-state index in [1.807, 2.05) is 41.1 Å². The summed E-state index contributed by atoms with van der Waals surface area (Å²) in [6.07, 6.45) is 8.10. The van der Waals surface area contributed by atoms with Crippen molar-refractivity contribution in [2.75, 3.05) is 13.2 Å². The van der Waals surface area contributed by atoms with Gasteiger partial charge in [-0.05, 0) is 59.9 Å². The molecule has 0 bridgehead atoms. The summed E-state index contributed by atoms with van der Waals surface area (Å²) in [5, 5.41) is 1.05. The lowest BCUT2D eigenvalue weighted by Crippen LogP contribution is -2.45. The fraction of sp³-hybridized carbons (Fsp3) is 0.207. The van der Waals surface area contributed by atoms with E-state index in [1.165, 1.54) is 12.1 Å². The van der Waals surface area contributed by atoms with Gasteiger partial charge in [0, 0.05) is 55.0 Å². The Morgan fingerprint density at radius 2 is 1.97 bits per heavy atom. The number of fused-ring (bicyclic) bond motifs is 3. The van der Waals surface area contributed by atoms with Gasteiger partial charge in [0.05, 0.1) is 10.9 Å². The molecule has 2 N–H and O–H groups in total. The summed E-state index contributed by atoms with van der Waals surface area (Å²) in [5.74, 6) is -0.603. The van der Waals surface area contributed by atoms with E-state index in [2.05, 4.69) is 22.1 Å². The van der Waals surface area contributed by atoms with Gasteiger partial charge < -0.3 is 15.2 Å². The predicted molar refractivity (Wildman–Crippen MR) is 138 cm³/mol. The van der Waals surface area contributed by atoms with Gasteiger partial charge in [0.15, 0.2) is 0 Å². The van der Waals surface area contributed by atoms with Gasteiger partial charge in [-0.2, -0.15) is 0 Å². The summed E-state index contributed by atoms with van der Waals surface area (Å²) in [6, 6.07) is 16.5. The third kappa shape index (κ3) is 4.19. The summed E-state index contributed by atoms with van der Waals surface area (Å²) < 4.78 is 28.1. The highest BCUT2D eigenvalue weighted by molar-refractivity contribution is 5.97. The molecule has 6 rings (SSSR count). The first-order valence-corrected chi connectivity index (χ1v) is 12.1. The van der Waals surface area contributed by atoms with Crippen molar-refractivity contribution < 1.29 is 18.7 Å². The molecule has 1 aliphatic heterocycles. The van der Waals surface area contributed by atoms with Crippen molar-refractivity contribution in [3.8, 4) is 16.9 Å². The van der Waals surface area contributed by atoms with Gasteiger partial charge in [-0.1, -0.05) is 18.2 Å². The van der Waals surface area contributed by atoms with Crippen LogP contribution in [-0.4, -0.2) is 33.5 Å². The molecule has 0 aliphatic carbocycles. The topological polar surface area (TPSA) is 91.7 Å². The minimum Gasteiger partial charge on any atom is -0.489 e. The number of hydrogen-bond acceptors (Lipinski definition) is 5. The molecule has 0 spiro atoms. The third-order valence-corrected chi connectivity index (χ3v) is 7.17. The molecule has 0 radical (unpaired) electrons. The molecule has 1 fully saturated rings. The van der Waals surface area contributed by atoms with Crippen LogP contribution in [0.5, 0.6) is 5.75 Å². The van der Waals surface area contributed by atoms with Crippen LogP contribution in [-0.2, 0) is 21.6 Å². The Morgan fingerprint density at radius 3 is 2.76 bits per heavy atom. The van der Waals surface area contributed by atoms with Gasteiger partial charge in [-0.25, -0.2) is 9.37 Å². The fourth-order valence-corrected chi connectivity index (χ4v) is 5.17. The highest BCUT2D eigenvalue weighted by Gasteiger charge is 2.40. The predicted octanol–water partition coefficient (Wildman–Crippen LogP) is 4.80. The zero-order valence-corrected chi connectivity index (χ0v) is 20.1. The number of imidazole rings is 1.